The highest BCUT2D eigenvalue weighted by Crippen LogP contribution is 2.36. The fourth-order valence-corrected chi connectivity index (χ4v) is 1.38. The van der Waals surface area contributed by atoms with Crippen molar-refractivity contribution in [2.45, 2.75) is 25.6 Å². The number of unbranched alkanes of at least 4 members (excludes halogenated alkanes) is 1. The molecule has 0 spiro atoms. The molecule has 1 aromatic carbocycles. The van der Waals surface area contributed by atoms with E-state index in [2.05, 4.69) is 5.92 Å². The molecule has 0 unspecified atom stereocenters. The zero-order valence-corrected chi connectivity index (χ0v) is 9.63. The summed E-state index contributed by atoms with van der Waals surface area (Å²) in [4.78, 5) is 0. The first kappa shape index (κ1) is 14.4. The molecule has 0 radical (unpaired) electrons. The maximum atomic E-state index is 12.7. The Morgan fingerprint density at radius 2 is 2.06 bits per heavy atom. The summed E-state index contributed by atoms with van der Waals surface area (Å²) in [5.74, 6) is 2.14. The van der Waals surface area contributed by atoms with Crippen molar-refractivity contribution in [3.63, 3.8) is 0 Å². The third kappa shape index (κ3) is 3.97. The number of aliphatic hydroxyl groups excluding tert-OH is 1. The van der Waals surface area contributed by atoms with Crippen LogP contribution in [0.3, 0.4) is 0 Å². The summed E-state index contributed by atoms with van der Waals surface area (Å²) in [7, 11) is 0. The van der Waals surface area contributed by atoms with E-state index in [0.717, 1.165) is 6.07 Å². The van der Waals surface area contributed by atoms with Gasteiger partial charge in [-0.3, -0.25) is 0 Å². The largest absolute Gasteiger partial charge is 0.493 e. The minimum atomic E-state index is -4.51. The lowest BCUT2D eigenvalue weighted by molar-refractivity contribution is -0.139. The van der Waals surface area contributed by atoms with Crippen LogP contribution in [0, 0.1) is 12.3 Å². The summed E-state index contributed by atoms with van der Waals surface area (Å²) in [6.07, 6.45) is 1.47. The number of rotatable bonds is 5. The molecule has 0 saturated carbocycles. The molecular formula is C13H13F3O2. The Kier molecular flexibility index (Phi) is 5.05. The number of ether oxygens (including phenoxy) is 1. The summed E-state index contributed by atoms with van der Waals surface area (Å²) in [5.41, 5.74) is -0.687. The second-order valence-electron chi connectivity index (χ2n) is 3.64. The quantitative estimate of drug-likeness (QED) is 0.650. The van der Waals surface area contributed by atoms with Crippen molar-refractivity contribution in [1.29, 1.82) is 0 Å². The lowest BCUT2D eigenvalue weighted by Crippen LogP contribution is -2.10. The van der Waals surface area contributed by atoms with Crippen LogP contribution in [0.15, 0.2) is 18.2 Å². The van der Waals surface area contributed by atoms with Crippen molar-refractivity contribution < 1.29 is 23.0 Å². The minimum Gasteiger partial charge on any atom is -0.493 e. The number of halogens is 3. The second-order valence-corrected chi connectivity index (χ2v) is 3.64. The van der Waals surface area contributed by atoms with E-state index >= 15 is 0 Å². The fraction of sp³-hybridized carbons (Fsp3) is 0.385. The number of hydrogen-bond acceptors (Lipinski definition) is 2. The van der Waals surface area contributed by atoms with Crippen LogP contribution in [0.1, 0.15) is 24.0 Å². The number of benzene rings is 1. The van der Waals surface area contributed by atoms with Crippen LogP contribution in [-0.4, -0.2) is 11.7 Å². The SMILES string of the molecule is C#CCCCOc1ccc(CO)cc1C(F)(F)F. The monoisotopic (exact) mass is 258 g/mol. The fourth-order valence-electron chi connectivity index (χ4n) is 1.38. The van der Waals surface area contributed by atoms with Crippen LogP contribution in [0.4, 0.5) is 13.2 Å². The lowest BCUT2D eigenvalue weighted by atomic mass is 10.1. The highest BCUT2D eigenvalue weighted by molar-refractivity contribution is 5.39. The molecule has 0 bridgehead atoms. The first-order chi connectivity index (χ1) is 8.49. The van der Waals surface area contributed by atoms with Crippen LogP contribution in [0.25, 0.3) is 0 Å². The van der Waals surface area contributed by atoms with Crippen molar-refractivity contribution in [3.05, 3.63) is 29.3 Å². The Bertz CT molecular complexity index is 433. The van der Waals surface area contributed by atoms with Crippen molar-refractivity contribution in [1.82, 2.24) is 0 Å². The normalized spacial score (nSPS) is 11.1. The molecular weight excluding hydrogens is 245 g/mol. The van der Waals surface area contributed by atoms with E-state index in [4.69, 9.17) is 16.3 Å². The van der Waals surface area contributed by atoms with Gasteiger partial charge in [-0.25, -0.2) is 0 Å². The maximum absolute atomic E-state index is 12.7. The van der Waals surface area contributed by atoms with E-state index in [-0.39, 0.29) is 17.9 Å². The Morgan fingerprint density at radius 3 is 2.61 bits per heavy atom. The molecule has 1 rings (SSSR count). The number of hydrogen-bond donors (Lipinski definition) is 1. The van der Waals surface area contributed by atoms with Gasteiger partial charge in [0.05, 0.1) is 18.8 Å². The van der Waals surface area contributed by atoms with Crippen LogP contribution in [-0.2, 0) is 12.8 Å². The average molecular weight is 258 g/mol. The Balaban J connectivity index is 2.86. The van der Waals surface area contributed by atoms with Gasteiger partial charge in [0, 0.05) is 6.42 Å². The van der Waals surface area contributed by atoms with Crippen LogP contribution in [0.2, 0.25) is 0 Å². The van der Waals surface area contributed by atoms with Crippen LogP contribution in [0.5, 0.6) is 5.75 Å². The Morgan fingerprint density at radius 1 is 1.33 bits per heavy atom. The zero-order valence-electron chi connectivity index (χ0n) is 9.63. The van der Waals surface area contributed by atoms with Gasteiger partial charge in [-0.1, -0.05) is 6.07 Å². The third-order valence-corrected chi connectivity index (χ3v) is 2.25. The molecule has 1 N–H and O–H groups in total. The first-order valence-corrected chi connectivity index (χ1v) is 5.36. The topological polar surface area (TPSA) is 29.5 Å². The molecule has 2 nitrogen and oxygen atoms in total. The van der Waals surface area contributed by atoms with E-state index in [1.54, 1.807) is 0 Å². The molecule has 5 heteroatoms. The highest BCUT2D eigenvalue weighted by Gasteiger charge is 2.34. The summed E-state index contributed by atoms with van der Waals surface area (Å²) >= 11 is 0. The molecule has 0 saturated heterocycles. The molecule has 0 aliphatic carbocycles. The van der Waals surface area contributed by atoms with Gasteiger partial charge in [0.25, 0.3) is 0 Å². The predicted molar refractivity (Wildman–Crippen MR) is 60.9 cm³/mol. The second kappa shape index (κ2) is 6.31. The number of alkyl halides is 3. The molecule has 1 aromatic rings. The summed E-state index contributed by atoms with van der Waals surface area (Å²) in [5, 5.41) is 8.83. The van der Waals surface area contributed by atoms with Crippen molar-refractivity contribution in [2.24, 2.45) is 0 Å². The van der Waals surface area contributed by atoms with Crippen LogP contribution < -0.4 is 4.74 Å². The van der Waals surface area contributed by atoms with Gasteiger partial charge >= 0.3 is 6.18 Å². The summed E-state index contributed by atoms with van der Waals surface area (Å²) in [6.45, 7) is -0.313. The molecule has 18 heavy (non-hydrogen) atoms. The van der Waals surface area contributed by atoms with Gasteiger partial charge in [-0.15, -0.1) is 12.3 Å². The minimum absolute atomic E-state index is 0.131. The van der Waals surface area contributed by atoms with Gasteiger partial charge in [-0.05, 0) is 24.1 Å². The van der Waals surface area contributed by atoms with Gasteiger partial charge in [0.2, 0.25) is 0 Å². The van der Waals surface area contributed by atoms with E-state index in [0.29, 0.717) is 12.8 Å². The summed E-state index contributed by atoms with van der Waals surface area (Å²) in [6, 6.07) is 3.49. The Hall–Kier alpha value is -1.67. The Labute approximate surface area is 103 Å². The zero-order chi connectivity index (χ0) is 13.6. The molecule has 0 aliphatic rings. The molecule has 0 fully saturated rings. The average Bonchev–Trinajstić information content (AvgIpc) is 2.33. The molecule has 0 aliphatic heterocycles. The van der Waals surface area contributed by atoms with Gasteiger partial charge in [0.15, 0.2) is 0 Å². The van der Waals surface area contributed by atoms with E-state index in [1.807, 2.05) is 0 Å². The first-order valence-electron chi connectivity index (χ1n) is 5.36. The van der Waals surface area contributed by atoms with Gasteiger partial charge < -0.3 is 9.84 Å². The van der Waals surface area contributed by atoms with E-state index in [1.165, 1.54) is 12.1 Å². The molecule has 0 atom stereocenters. The van der Waals surface area contributed by atoms with Gasteiger partial charge in [-0.2, -0.15) is 13.2 Å². The van der Waals surface area contributed by atoms with Crippen molar-refractivity contribution >= 4 is 0 Å². The third-order valence-electron chi connectivity index (χ3n) is 2.25. The van der Waals surface area contributed by atoms with E-state index in [9.17, 15) is 13.2 Å². The lowest BCUT2D eigenvalue weighted by Gasteiger charge is -2.14. The smallest absolute Gasteiger partial charge is 0.419 e. The number of terminal acetylenes is 1. The molecule has 98 valence electrons. The maximum Gasteiger partial charge on any atom is 0.419 e. The van der Waals surface area contributed by atoms with E-state index < -0.39 is 18.3 Å². The van der Waals surface area contributed by atoms with Gasteiger partial charge in [0.1, 0.15) is 5.75 Å². The van der Waals surface area contributed by atoms with Crippen molar-refractivity contribution in [2.75, 3.05) is 6.61 Å². The standard InChI is InChI=1S/C13H13F3O2/c1-2-3-4-7-18-12-6-5-10(9-17)8-11(12)13(14,15)16/h1,5-6,8,17H,3-4,7,9H2. The molecule has 0 aromatic heterocycles. The molecule has 0 amide bonds. The predicted octanol–water partition coefficient (Wildman–Crippen LogP) is 2.99. The van der Waals surface area contributed by atoms with Crippen molar-refractivity contribution in [3.8, 4) is 18.1 Å². The summed E-state index contributed by atoms with van der Waals surface area (Å²) < 4.78 is 43.3. The highest BCUT2D eigenvalue weighted by atomic mass is 19.4. The molecule has 0 heterocycles. The number of aliphatic hydroxyl groups is 1. The van der Waals surface area contributed by atoms with Crippen LogP contribution >= 0.6 is 0 Å².